The topological polar surface area (TPSA) is 19.7 Å². The second-order valence-electron chi connectivity index (χ2n) is 36.0. The first-order valence-electron chi connectivity index (χ1n) is 47.0. The lowest BCUT2D eigenvalue weighted by atomic mass is 9.85. The summed E-state index contributed by atoms with van der Waals surface area (Å²) in [5, 5.41) is 24.7. The van der Waals surface area contributed by atoms with Gasteiger partial charge in [0.1, 0.15) is 0 Å². The highest BCUT2D eigenvalue weighted by atomic mass is 15.0. The first-order chi connectivity index (χ1) is 67.5. The summed E-state index contributed by atoms with van der Waals surface area (Å²) in [6.07, 6.45) is 0. The lowest BCUT2D eigenvalue weighted by molar-refractivity contribution is 1.18. The van der Waals surface area contributed by atoms with Crippen molar-refractivity contribution >= 4 is 152 Å². The zero-order chi connectivity index (χ0) is 89.4. The first kappa shape index (κ1) is 77.9. The van der Waals surface area contributed by atoms with Crippen LogP contribution in [-0.4, -0.2) is 18.3 Å². The van der Waals surface area contributed by atoms with E-state index in [-0.39, 0.29) is 0 Å². The fourth-order valence-corrected chi connectivity index (χ4v) is 22.5. The summed E-state index contributed by atoms with van der Waals surface area (Å²) in [5.74, 6) is 0. The predicted molar refractivity (Wildman–Crippen MR) is 579 cm³/mol. The molecule has 0 radical (unpaired) electrons. The van der Waals surface area contributed by atoms with Crippen LogP contribution >= 0.6 is 0 Å². The Kier molecular flexibility index (Phi) is 18.3. The van der Waals surface area contributed by atoms with Crippen LogP contribution in [0.2, 0.25) is 0 Å². The Morgan fingerprint density at radius 1 is 0.110 bits per heavy atom. The first-order valence-corrected chi connectivity index (χ1v) is 47.0. The van der Waals surface area contributed by atoms with Crippen molar-refractivity contribution in [3.8, 4) is 112 Å². The molecule has 28 aromatic rings. The molecule has 0 fully saturated rings. The van der Waals surface area contributed by atoms with Crippen LogP contribution in [0.4, 0.5) is 0 Å². The van der Waals surface area contributed by atoms with E-state index in [1.807, 2.05) is 0 Å². The second-order valence-corrected chi connectivity index (χ2v) is 36.0. The number of fused-ring (bicyclic) bond motifs is 18. The largest absolute Gasteiger partial charge is 0.309 e. The predicted octanol–water partition coefficient (Wildman–Crippen LogP) is 36.0. The van der Waals surface area contributed by atoms with Crippen molar-refractivity contribution < 1.29 is 0 Å². The van der Waals surface area contributed by atoms with Crippen LogP contribution in [-0.2, 0) is 0 Å². The van der Waals surface area contributed by atoms with Crippen LogP contribution in [0.5, 0.6) is 0 Å². The number of hydrogen-bond donors (Lipinski definition) is 0. The fraction of sp³-hybridized carbons (Fsp3) is 0. The molecule has 0 bridgehead atoms. The Labute approximate surface area is 785 Å². The molecular weight excluding hydrogens is 1640 g/mol. The molecule has 0 aliphatic heterocycles. The minimum absolute atomic E-state index is 1.15. The van der Waals surface area contributed by atoms with Crippen LogP contribution in [0.3, 0.4) is 0 Å². The van der Waals surface area contributed by atoms with Crippen LogP contribution < -0.4 is 0 Å². The molecule has 4 heterocycles. The zero-order valence-corrected chi connectivity index (χ0v) is 74.3. The van der Waals surface area contributed by atoms with E-state index in [0.717, 1.165) is 22.7 Å². The van der Waals surface area contributed by atoms with E-state index in [2.05, 4.69) is 528 Å². The highest BCUT2D eigenvalue weighted by Crippen LogP contribution is 2.52. The summed E-state index contributed by atoms with van der Waals surface area (Å²) >= 11 is 0. The van der Waals surface area contributed by atoms with Gasteiger partial charge in [0.25, 0.3) is 0 Å². The van der Waals surface area contributed by atoms with Gasteiger partial charge in [0.2, 0.25) is 0 Å². The van der Waals surface area contributed by atoms with E-state index >= 15 is 0 Å². The molecule has 28 rings (SSSR count). The van der Waals surface area contributed by atoms with Gasteiger partial charge in [-0.25, -0.2) is 0 Å². The molecule has 0 aliphatic carbocycles. The number of aromatic nitrogens is 4. The maximum atomic E-state index is 2.50. The van der Waals surface area contributed by atoms with Gasteiger partial charge in [-0.05, 0) is 299 Å². The molecule has 24 aromatic carbocycles. The zero-order valence-electron chi connectivity index (χ0n) is 74.3. The van der Waals surface area contributed by atoms with Gasteiger partial charge in [0.15, 0.2) is 0 Å². The second kappa shape index (κ2) is 32.0. The molecule has 0 amide bonds. The van der Waals surface area contributed by atoms with Gasteiger partial charge >= 0.3 is 0 Å². The molecule has 0 saturated heterocycles. The standard InChI is InChI=1S/2C66H42N2/c1-4-18-43(19-5-1)44-36-37-46-41-47(39-38-45(46)40-44)64-54-28-14-26-50(52-30-16-34-62-65(52)56-24-10-12-32-60(56)67(62)48-20-6-2-7-21-48)58(54)42-59-51(27-15-29-55(59)64)53-31-17-35-63-66(53)57-25-11-13-33-61(57)68(63)49-22-8-3-9-23-49;1-4-16-43(17-5-1)44-30-31-46-39-49(33-32-45(46)38-44)66-56-26-14-24-52(47-34-36-64-60(40-47)54-22-10-12-28-62(54)67(64)50-18-6-2-7-19-50)58(56)42-59-53(25-15-27-57(59)66)48-35-37-65-61(41-48)55-23-11-13-29-63(55)68(65)51-20-8-3-9-21-51/h2*1-42H. The fourth-order valence-electron chi connectivity index (χ4n) is 22.5. The third kappa shape index (κ3) is 12.7. The van der Waals surface area contributed by atoms with Crippen molar-refractivity contribution in [1.82, 2.24) is 18.3 Å². The minimum atomic E-state index is 1.15. The van der Waals surface area contributed by atoms with Gasteiger partial charge in [0, 0.05) is 65.8 Å². The third-order valence-electron chi connectivity index (χ3n) is 28.6. The normalized spacial score (nSPS) is 11.8. The monoisotopic (exact) mass is 1720 g/mol. The molecule has 0 unspecified atom stereocenters. The Balaban J connectivity index is 0.000000138. The molecule has 0 saturated carbocycles. The SMILES string of the molecule is c1ccc(-c2ccc3cc(-c4c5cccc(-c6ccc7c(c6)c6ccccc6n7-c6ccccc6)c5cc5c(-c6ccc7c(c6)c6ccccc6n7-c6ccccc6)cccc45)ccc3c2)cc1.c1ccc(-c2ccc3cc(-c4c5cccc(-c6cccc7c6c6ccccc6n7-c6ccccc6)c5cc5c(-c6cccc7c6c6ccccc6n7-c6ccccc6)cccc45)ccc3c2)cc1. The molecule has 4 heteroatoms. The van der Waals surface area contributed by atoms with Crippen molar-refractivity contribution in [3.63, 3.8) is 0 Å². The van der Waals surface area contributed by atoms with E-state index in [1.165, 1.54) is 241 Å². The van der Waals surface area contributed by atoms with E-state index in [0.29, 0.717) is 0 Å². The lowest BCUT2D eigenvalue weighted by Gasteiger charge is -2.19. The highest BCUT2D eigenvalue weighted by molar-refractivity contribution is 6.27. The van der Waals surface area contributed by atoms with Gasteiger partial charge in [0.05, 0.1) is 44.1 Å². The maximum Gasteiger partial charge on any atom is 0.0547 e. The summed E-state index contributed by atoms with van der Waals surface area (Å²) in [6, 6.07) is 188. The highest BCUT2D eigenvalue weighted by Gasteiger charge is 2.26. The van der Waals surface area contributed by atoms with E-state index in [4.69, 9.17) is 0 Å². The Bertz CT molecular complexity index is 9270. The summed E-state index contributed by atoms with van der Waals surface area (Å²) in [6.45, 7) is 0. The van der Waals surface area contributed by atoms with E-state index < -0.39 is 0 Å². The minimum Gasteiger partial charge on any atom is -0.309 e. The van der Waals surface area contributed by atoms with Crippen molar-refractivity contribution in [2.45, 2.75) is 0 Å². The van der Waals surface area contributed by atoms with E-state index in [1.54, 1.807) is 0 Å². The quantitative estimate of drug-likeness (QED) is 0.109. The number of para-hydroxylation sites is 8. The smallest absolute Gasteiger partial charge is 0.0547 e. The Morgan fingerprint density at radius 3 is 0.713 bits per heavy atom. The number of rotatable bonds is 12. The van der Waals surface area contributed by atoms with Gasteiger partial charge in [-0.1, -0.05) is 364 Å². The van der Waals surface area contributed by atoms with Crippen LogP contribution in [0.1, 0.15) is 0 Å². The van der Waals surface area contributed by atoms with Gasteiger partial charge in [-0.3, -0.25) is 0 Å². The molecule has 632 valence electrons. The molecule has 4 nitrogen and oxygen atoms in total. The third-order valence-corrected chi connectivity index (χ3v) is 28.6. The molecule has 136 heavy (non-hydrogen) atoms. The van der Waals surface area contributed by atoms with Crippen LogP contribution in [0, 0.1) is 0 Å². The van der Waals surface area contributed by atoms with Crippen molar-refractivity contribution in [1.29, 1.82) is 0 Å². The molecule has 0 spiro atoms. The number of nitrogens with zero attached hydrogens (tertiary/aromatic N) is 4. The van der Waals surface area contributed by atoms with E-state index in [9.17, 15) is 0 Å². The van der Waals surface area contributed by atoms with Gasteiger partial charge in [-0.2, -0.15) is 0 Å². The summed E-state index contributed by atoms with van der Waals surface area (Å²) in [4.78, 5) is 0. The molecular formula is C132H84N4. The molecule has 0 N–H and O–H groups in total. The van der Waals surface area contributed by atoms with Crippen molar-refractivity contribution in [2.24, 2.45) is 0 Å². The summed E-state index contributed by atoms with van der Waals surface area (Å²) < 4.78 is 9.63. The molecule has 4 aromatic heterocycles. The van der Waals surface area contributed by atoms with Gasteiger partial charge < -0.3 is 18.3 Å². The van der Waals surface area contributed by atoms with Crippen molar-refractivity contribution in [2.75, 3.05) is 0 Å². The summed E-state index contributed by atoms with van der Waals surface area (Å²) in [5.41, 5.74) is 33.7. The van der Waals surface area contributed by atoms with Crippen LogP contribution in [0.25, 0.3) is 264 Å². The maximum absolute atomic E-state index is 2.50. The number of hydrogen-bond acceptors (Lipinski definition) is 0. The molecule has 0 aliphatic rings. The van der Waals surface area contributed by atoms with Crippen molar-refractivity contribution in [3.05, 3.63) is 510 Å². The summed E-state index contributed by atoms with van der Waals surface area (Å²) in [7, 11) is 0. The molecule has 0 atom stereocenters. The lowest BCUT2D eigenvalue weighted by Crippen LogP contribution is -1.94. The Morgan fingerprint density at radius 2 is 0.353 bits per heavy atom. The Hall–Kier alpha value is -18.0. The number of benzene rings is 24. The van der Waals surface area contributed by atoms with Crippen LogP contribution in [0.15, 0.2) is 510 Å². The van der Waals surface area contributed by atoms with Gasteiger partial charge in [-0.15, -0.1) is 0 Å². The average molecular weight is 1730 g/mol. The average Bonchev–Trinajstić information content (AvgIpc) is 1.49.